The molecule has 0 unspecified atom stereocenters. The fourth-order valence-corrected chi connectivity index (χ4v) is 1.16. The lowest BCUT2D eigenvalue weighted by Gasteiger charge is -2.04. The molecule has 1 aromatic rings. The first-order valence-electron chi connectivity index (χ1n) is 3.23. The van der Waals surface area contributed by atoms with Gasteiger partial charge in [-0.1, -0.05) is 23.2 Å². The highest BCUT2D eigenvalue weighted by molar-refractivity contribution is 6.35. The predicted molar refractivity (Wildman–Crippen MR) is 50.3 cm³/mol. The minimum atomic E-state index is 0.0162. The van der Waals surface area contributed by atoms with E-state index in [0.717, 1.165) is 0 Å². The first kappa shape index (κ1) is 9.36. The van der Waals surface area contributed by atoms with Crippen molar-refractivity contribution in [3.8, 4) is 0 Å². The summed E-state index contributed by atoms with van der Waals surface area (Å²) in [6, 6.07) is 4.89. The van der Waals surface area contributed by atoms with Gasteiger partial charge in [-0.2, -0.15) is 0 Å². The van der Waals surface area contributed by atoms with E-state index >= 15 is 0 Å². The predicted octanol–water partition coefficient (Wildman–Crippen LogP) is 2.97. The molecule has 0 atom stereocenters. The molecule has 0 aliphatic carbocycles. The van der Waals surface area contributed by atoms with Gasteiger partial charge in [0.1, 0.15) is 0 Å². The van der Waals surface area contributed by atoms with Crippen molar-refractivity contribution in [2.24, 2.45) is 0 Å². The summed E-state index contributed by atoms with van der Waals surface area (Å²) in [5, 5.41) is 8.35. The van der Waals surface area contributed by atoms with Crippen molar-refractivity contribution in [1.82, 2.24) is 0 Å². The molecule has 0 spiro atoms. The van der Waals surface area contributed by atoms with Gasteiger partial charge in [0.15, 0.2) is 0 Å². The second-order valence-electron chi connectivity index (χ2n) is 2.16. The Morgan fingerprint density at radius 1 is 1.42 bits per heavy atom. The fraction of sp³-hybridized carbons (Fsp3) is 0.125. The molecular formula is C8H7Cl2NO. The van der Waals surface area contributed by atoms with Crippen LogP contribution in [0.25, 0.3) is 0 Å². The molecule has 0 heterocycles. The zero-order valence-corrected chi connectivity index (χ0v) is 7.91. The van der Waals surface area contributed by atoms with E-state index in [-0.39, 0.29) is 5.90 Å². The summed E-state index contributed by atoms with van der Waals surface area (Å²) in [7, 11) is 1.42. The van der Waals surface area contributed by atoms with Crippen LogP contribution in [0.3, 0.4) is 0 Å². The van der Waals surface area contributed by atoms with E-state index in [1.807, 2.05) is 0 Å². The van der Waals surface area contributed by atoms with Crippen LogP contribution in [0.2, 0.25) is 10.0 Å². The molecule has 0 saturated carbocycles. The van der Waals surface area contributed by atoms with Crippen LogP contribution in [0.15, 0.2) is 18.2 Å². The number of methoxy groups -OCH3 is 1. The first-order chi connectivity index (χ1) is 5.65. The molecule has 0 aliphatic heterocycles. The maximum atomic E-state index is 7.35. The summed E-state index contributed by atoms with van der Waals surface area (Å²) in [6.07, 6.45) is 0. The lowest BCUT2D eigenvalue weighted by atomic mass is 10.2. The molecule has 0 aliphatic rings. The first-order valence-corrected chi connectivity index (χ1v) is 3.98. The van der Waals surface area contributed by atoms with Gasteiger partial charge in [0.05, 0.1) is 17.7 Å². The summed E-state index contributed by atoms with van der Waals surface area (Å²) < 4.78 is 4.71. The van der Waals surface area contributed by atoms with E-state index < -0.39 is 0 Å². The van der Waals surface area contributed by atoms with Gasteiger partial charge in [0.2, 0.25) is 5.90 Å². The zero-order chi connectivity index (χ0) is 9.14. The normalized spacial score (nSPS) is 9.58. The molecule has 0 saturated heterocycles. The largest absolute Gasteiger partial charge is 0.481 e. The molecule has 0 bridgehead atoms. The van der Waals surface area contributed by atoms with E-state index in [4.69, 9.17) is 33.3 Å². The lowest BCUT2D eigenvalue weighted by Crippen LogP contribution is -2.01. The molecule has 0 aromatic heterocycles. The van der Waals surface area contributed by atoms with Gasteiger partial charge in [0.25, 0.3) is 0 Å². The van der Waals surface area contributed by atoms with Crippen LogP contribution < -0.4 is 0 Å². The summed E-state index contributed by atoms with van der Waals surface area (Å²) in [5.74, 6) is 0.0162. The topological polar surface area (TPSA) is 33.1 Å². The van der Waals surface area contributed by atoms with Gasteiger partial charge in [-0.25, -0.2) is 0 Å². The maximum absolute atomic E-state index is 7.35. The van der Waals surface area contributed by atoms with Crippen molar-refractivity contribution in [3.05, 3.63) is 33.8 Å². The second-order valence-corrected chi connectivity index (χ2v) is 3.00. The van der Waals surface area contributed by atoms with E-state index in [2.05, 4.69) is 0 Å². The van der Waals surface area contributed by atoms with Crippen LogP contribution in [-0.4, -0.2) is 13.0 Å². The minimum absolute atomic E-state index is 0.0162. The van der Waals surface area contributed by atoms with E-state index in [1.54, 1.807) is 18.2 Å². The molecule has 0 radical (unpaired) electrons. The average Bonchev–Trinajstić information content (AvgIpc) is 2.08. The number of hydrogen-bond acceptors (Lipinski definition) is 2. The Labute approximate surface area is 80.6 Å². The van der Waals surface area contributed by atoms with Gasteiger partial charge in [-0.05, 0) is 18.2 Å². The molecule has 1 N–H and O–H groups in total. The summed E-state index contributed by atoms with van der Waals surface area (Å²) >= 11 is 11.5. The number of halogens is 2. The van der Waals surface area contributed by atoms with Gasteiger partial charge in [-0.15, -0.1) is 0 Å². The van der Waals surface area contributed by atoms with Crippen molar-refractivity contribution >= 4 is 29.1 Å². The van der Waals surface area contributed by atoms with Gasteiger partial charge < -0.3 is 4.74 Å². The smallest absolute Gasteiger partial charge is 0.214 e. The Balaban J connectivity index is 3.13. The molecule has 4 heteroatoms. The molecule has 0 fully saturated rings. The minimum Gasteiger partial charge on any atom is -0.481 e. The second kappa shape index (κ2) is 3.78. The fourth-order valence-electron chi connectivity index (χ4n) is 0.781. The lowest BCUT2D eigenvalue weighted by molar-refractivity contribution is 0.401. The number of hydrogen-bond donors (Lipinski definition) is 1. The Morgan fingerprint density at radius 2 is 2.08 bits per heavy atom. The summed E-state index contributed by atoms with van der Waals surface area (Å²) in [6.45, 7) is 0. The monoisotopic (exact) mass is 203 g/mol. The summed E-state index contributed by atoms with van der Waals surface area (Å²) in [5.41, 5.74) is 0.506. The maximum Gasteiger partial charge on any atom is 0.214 e. The Morgan fingerprint density at radius 3 is 2.67 bits per heavy atom. The van der Waals surface area contributed by atoms with Crippen LogP contribution in [-0.2, 0) is 4.74 Å². The van der Waals surface area contributed by atoms with Crippen molar-refractivity contribution in [3.63, 3.8) is 0 Å². The van der Waals surface area contributed by atoms with E-state index in [0.29, 0.717) is 15.6 Å². The Hall–Kier alpha value is -0.730. The van der Waals surface area contributed by atoms with Crippen molar-refractivity contribution in [2.45, 2.75) is 0 Å². The highest BCUT2D eigenvalue weighted by Crippen LogP contribution is 2.20. The molecule has 2 nitrogen and oxygen atoms in total. The number of benzene rings is 1. The van der Waals surface area contributed by atoms with E-state index in [9.17, 15) is 0 Å². The van der Waals surface area contributed by atoms with Crippen molar-refractivity contribution in [2.75, 3.05) is 7.11 Å². The molecular weight excluding hydrogens is 197 g/mol. The number of ether oxygens (including phenoxy) is 1. The quantitative estimate of drug-likeness (QED) is 0.553. The van der Waals surface area contributed by atoms with Gasteiger partial charge in [0, 0.05) is 5.02 Å². The van der Waals surface area contributed by atoms with Crippen LogP contribution in [0.5, 0.6) is 0 Å². The SMILES string of the molecule is COC(=N)c1cc(Cl)ccc1Cl. The third-order valence-electron chi connectivity index (χ3n) is 1.38. The van der Waals surface area contributed by atoms with E-state index in [1.165, 1.54) is 7.11 Å². The molecule has 64 valence electrons. The standard InChI is InChI=1S/C8H7Cl2NO/c1-12-8(11)6-4-5(9)2-3-7(6)10/h2-4,11H,1H3. The molecule has 12 heavy (non-hydrogen) atoms. The van der Waals surface area contributed by atoms with Crippen molar-refractivity contribution in [1.29, 1.82) is 5.41 Å². The van der Waals surface area contributed by atoms with Crippen LogP contribution in [0, 0.1) is 5.41 Å². The number of nitrogens with one attached hydrogen (secondary N) is 1. The highest BCUT2D eigenvalue weighted by atomic mass is 35.5. The Kier molecular flexibility index (Phi) is 2.95. The Bertz CT molecular complexity index is 312. The van der Waals surface area contributed by atoms with Crippen molar-refractivity contribution < 1.29 is 4.74 Å². The van der Waals surface area contributed by atoms with Gasteiger partial charge >= 0.3 is 0 Å². The average molecular weight is 204 g/mol. The number of rotatable bonds is 1. The summed E-state index contributed by atoms with van der Waals surface area (Å²) in [4.78, 5) is 0. The third kappa shape index (κ3) is 1.90. The molecule has 1 aromatic carbocycles. The zero-order valence-electron chi connectivity index (χ0n) is 6.40. The third-order valence-corrected chi connectivity index (χ3v) is 1.94. The van der Waals surface area contributed by atoms with Crippen LogP contribution in [0.4, 0.5) is 0 Å². The molecule has 1 rings (SSSR count). The molecule has 0 amide bonds. The van der Waals surface area contributed by atoms with Gasteiger partial charge in [-0.3, -0.25) is 5.41 Å². The van der Waals surface area contributed by atoms with Crippen LogP contribution in [0.1, 0.15) is 5.56 Å². The highest BCUT2D eigenvalue weighted by Gasteiger charge is 2.06. The van der Waals surface area contributed by atoms with Crippen LogP contribution >= 0.6 is 23.2 Å².